The van der Waals surface area contributed by atoms with Crippen LogP contribution in [0.3, 0.4) is 0 Å². The van der Waals surface area contributed by atoms with Crippen LogP contribution in [0.4, 0.5) is 0 Å². The Labute approximate surface area is 146 Å². The van der Waals surface area contributed by atoms with Gasteiger partial charge in [-0.15, -0.1) is 0 Å². The molecule has 1 amide bonds. The molecular formula is C20H31N3O. The molecule has 1 unspecified atom stereocenters. The minimum absolute atomic E-state index is 0.0736. The molecule has 1 aromatic rings. The SMILES string of the molecule is CC(C)C(CNC(=O)c1ccc2c(c1)CCC2)N1CCN(C)CC1. The summed E-state index contributed by atoms with van der Waals surface area (Å²) in [5.41, 5.74) is 3.60. The number of benzene rings is 1. The highest BCUT2D eigenvalue weighted by atomic mass is 16.1. The molecular weight excluding hydrogens is 298 g/mol. The number of hydrogen-bond acceptors (Lipinski definition) is 3. The highest BCUT2D eigenvalue weighted by Gasteiger charge is 2.25. The van der Waals surface area contributed by atoms with Crippen molar-refractivity contribution in [1.29, 1.82) is 0 Å². The Morgan fingerprint density at radius 2 is 1.83 bits per heavy atom. The Balaban J connectivity index is 1.59. The Morgan fingerprint density at radius 3 is 2.54 bits per heavy atom. The van der Waals surface area contributed by atoms with Crippen molar-refractivity contribution < 1.29 is 4.79 Å². The van der Waals surface area contributed by atoms with Crippen molar-refractivity contribution in [3.8, 4) is 0 Å². The average Bonchev–Trinajstić information content (AvgIpc) is 3.03. The second-order valence-corrected chi connectivity index (χ2v) is 7.70. The maximum atomic E-state index is 12.6. The molecule has 0 spiro atoms. The number of piperazine rings is 1. The number of likely N-dealkylation sites (N-methyl/N-ethyl adjacent to an activating group) is 1. The number of nitrogens with zero attached hydrogens (tertiary/aromatic N) is 2. The second-order valence-electron chi connectivity index (χ2n) is 7.70. The zero-order chi connectivity index (χ0) is 17.1. The molecule has 132 valence electrons. The Hall–Kier alpha value is -1.39. The first-order chi connectivity index (χ1) is 11.5. The van der Waals surface area contributed by atoms with E-state index < -0.39 is 0 Å². The maximum Gasteiger partial charge on any atom is 0.251 e. The normalized spacial score (nSPS) is 20.2. The highest BCUT2D eigenvalue weighted by molar-refractivity contribution is 5.94. The summed E-state index contributed by atoms with van der Waals surface area (Å²) in [5, 5.41) is 3.19. The molecule has 0 saturated carbocycles. The Kier molecular flexibility index (Phi) is 5.57. The molecule has 0 bridgehead atoms. The van der Waals surface area contributed by atoms with Crippen molar-refractivity contribution in [3.05, 3.63) is 34.9 Å². The summed E-state index contributed by atoms with van der Waals surface area (Å²) in [5.74, 6) is 0.609. The molecule has 4 nitrogen and oxygen atoms in total. The number of fused-ring (bicyclic) bond motifs is 1. The van der Waals surface area contributed by atoms with Crippen LogP contribution in [-0.2, 0) is 12.8 Å². The van der Waals surface area contributed by atoms with E-state index in [1.165, 1.54) is 17.5 Å². The van der Waals surface area contributed by atoms with Gasteiger partial charge in [-0.2, -0.15) is 0 Å². The molecule has 3 rings (SSSR count). The van der Waals surface area contributed by atoms with E-state index in [0.717, 1.165) is 51.1 Å². The minimum Gasteiger partial charge on any atom is -0.350 e. The van der Waals surface area contributed by atoms with Gasteiger partial charge in [0.25, 0.3) is 5.91 Å². The number of hydrogen-bond donors (Lipinski definition) is 1. The fourth-order valence-electron chi connectivity index (χ4n) is 3.95. The van der Waals surface area contributed by atoms with Crippen LogP contribution in [0.15, 0.2) is 18.2 Å². The van der Waals surface area contributed by atoms with E-state index in [1.54, 1.807) is 0 Å². The molecule has 1 aliphatic heterocycles. The zero-order valence-electron chi connectivity index (χ0n) is 15.3. The molecule has 2 aliphatic rings. The Morgan fingerprint density at radius 1 is 1.12 bits per heavy atom. The van der Waals surface area contributed by atoms with Crippen LogP contribution < -0.4 is 5.32 Å². The fraction of sp³-hybridized carbons (Fsp3) is 0.650. The van der Waals surface area contributed by atoms with Crippen LogP contribution in [0.2, 0.25) is 0 Å². The minimum atomic E-state index is 0.0736. The van der Waals surface area contributed by atoms with Gasteiger partial charge < -0.3 is 10.2 Å². The van der Waals surface area contributed by atoms with Gasteiger partial charge in [0.2, 0.25) is 0 Å². The van der Waals surface area contributed by atoms with E-state index in [2.05, 4.69) is 48.1 Å². The summed E-state index contributed by atoms with van der Waals surface area (Å²) >= 11 is 0. The first kappa shape index (κ1) is 17.4. The summed E-state index contributed by atoms with van der Waals surface area (Å²) in [4.78, 5) is 17.5. The lowest BCUT2D eigenvalue weighted by molar-refractivity contribution is 0.0791. The summed E-state index contributed by atoms with van der Waals surface area (Å²) < 4.78 is 0. The van der Waals surface area contributed by atoms with Crippen LogP contribution in [0, 0.1) is 5.92 Å². The quantitative estimate of drug-likeness (QED) is 0.899. The number of nitrogens with one attached hydrogen (secondary N) is 1. The number of aryl methyl sites for hydroxylation is 2. The Bertz CT molecular complexity index is 576. The van der Waals surface area contributed by atoms with Gasteiger partial charge in [-0.1, -0.05) is 19.9 Å². The molecule has 1 heterocycles. The van der Waals surface area contributed by atoms with Crippen molar-refractivity contribution >= 4 is 5.91 Å². The van der Waals surface area contributed by atoms with E-state index in [9.17, 15) is 4.79 Å². The summed E-state index contributed by atoms with van der Waals surface area (Å²) in [6, 6.07) is 6.63. The van der Waals surface area contributed by atoms with E-state index in [1.807, 2.05) is 6.07 Å². The van der Waals surface area contributed by atoms with E-state index in [4.69, 9.17) is 0 Å². The van der Waals surface area contributed by atoms with Crippen molar-refractivity contribution in [1.82, 2.24) is 15.1 Å². The standard InChI is InChI=1S/C20H31N3O/c1-15(2)19(23-11-9-22(3)10-12-23)14-21-20(24)18-8-7-16-5-4-6-17(16)13-18/h7-8,13,15,19H,4-6,9-12,14H2,1-3H3,(H,21,24). The van der Waals surface area contributed by atoms with Gasteiger partial charge in [-0.25, -0.2) is 0 Å². The summed E-state index contributed by atoms with van der Waals surface area (Å²) in [7, 11) is 2.18. The third-order valence-electron chi connectivity index (χ3n) is 5.61. The van der Waals surface area contributed by atoms with Gasteiger partial charge in [0.05, 0.1) is 0 Å². The molecule has 4 heteroatoms. The van der Waals surface area contributed by atoms with Crippen LogP contribution >= 0.6 is 0 Å². The summed E-state index contributed by atoms with van der Waals surface area (Å²) in [6.07, 6.45) is 3.50. The summed E-state index contributed by atoms with van der Waals surface area (Å²) in [6.45, 7) is 9.65. The average molecular weight is 329 g/mol. The lowest BCUT2D eigenvalue weighted by Crippen LogP contribution is -2.54. The van der Waals surface area contributed by atoms with Gasteiger partial charge in [-0.05, 0) is 55.5 Å². The third kappa shape index (κ3) is 3.98. The van der Waals surface area contributed by atoms with Gasteiger partial charge in [-0.3, -0.25) is 9.69 Å². The predicted molar refractivity (Wildman–Crippen MR) is 98.5 cm³/mol. The van der Waals surface area contributed by atoms with Crippen molar-refractivity contribution in [3.63, 3.8) is 0 Å². The molecule has 24 heavy (non-hydrogen) atoms. The van der Waals surface area contributed by atoms with E-state index in [-0.39, 0.29) is 5.91 Å². The monoisotopic (exact) mass is 329 g/mol. The second kappa shape index (κ2) is 7.66. The van der Waals surface area contributed by atoms with Crippen LogP contribution in [0.1, 0.15) is 41.8 Å². The van der Waals surface area contributed by atoms with E-state index in [0.29, 0.717) is 12.0 Å². The fourth-order valence-corrected chi connectivity index (χ4v) is 3.95. The van der Waals surface area contributed by atoms with Gasteiger partial charge in [0.1, 0.15) is 0 Å². The molecule has 1 aromatic carbocycles. The largest absolute Gasteiger partial charge is 0.350 e. The molecule has 1 fully saturated rings. The smallest absolute Gasteiger partial charge is 0.251 e. The van der Waals surface area contributed by atoms with Crippen LogP contribution in [0.25, 0.3) is 0 Å². The number of amides is 1. The number of carbonyl (C=O) groups excluding carboxylic acids is 1. The first-order valence-electron chi connectivity index (χ1n) is 9.37. The predicted octanol–water partition coefficient (Wildman–Crippen LogP) is 2.18. The maximum absolute atomic E-state index is 12.6. The van der Waals surface area contributed by atoms with Crippen LogP contribution in [-0.4, -0.2) is 61.5 Å². The number of carbonyl (C=O) groups is 1. The molecule has 1 saturated heterocycles. The van der Waals surface area contributed by atoms with Crippen molar-refractivity contribution in [2.45, 2.75) is 39.2 Å². The molecule has 1 N–H and O–H groups in total. The third-order valence-corrected chi connectivity index (χ3v) is 5.61. The lowest BCUT2D eigenvalue weighted by atomic mass is 10.0. The lowest BCUT2D eigenvalue weighted by Gasteiger charge is -2.39. The van der Waals surface area contributed by atoms with Crippen molar-refractivity contribution in [2.24, 2.45) is 5.92 Å². The first-order valence-corrected chi connectivity index (χ1v) is 9.37. The molecule has 1 aliphatic carbocycles. The zero-order valence-corrected chi connectivity index (χ0v) is 15.3. The topological polar surface area (TPSA) is 35.6 Å². The van der Waals surface area contributed by atoms with Crippen LogP contribution in [0.5, 0.6) is 0 Å². The van der Waals surface area contributed by atoms with Gasteiger partial charge in [0, 0.05) is 44.3 Å². The molecule has 0 radical (unpaired) electrons. The highest BCUT2D eigenvalue weighted by Crippen LogP contribution is 2.22. The molecule has 0 aromatic heterocycles. The van der Waals surface area contributed by atoms with Gasteiger partial charge >= 0.3 is 0 Å². The van der Waals surface area contributed by atoms with Gasteiger partial charge in [0.15, 0.2) is 0 Å². The van der Waals surface area contributed by atoms with E-state index >= 15 is 0 Å². The van der Waals surface area contributed by atoms with Crippen molar-refractivity contribution in [2.75, 3.05) is 39.8 Å². The molecule has 1 atom stereocenters. The number of rotatable bonds is 5.